The van der Waals surface area contributed by atoms with E-state index in [0.29, 0.717) is 25.2 Å². The second-order valence-corrected chi connectivity index (χ2v) is 4.18. The first-order valence-corrected chi connectivity index (χ1v) is 4.91. The Bertz CT molecular complexity index is 189. The van der Waals surface area contributed by atoms with Gasteiger partial charge < -0.3 is 4.74 Å². The second-order valence-electron chi connectivity index (χ2n) is 4.18. The number of Topliss-reactive ketones (excluding diaryl/α,β-unsaturated/α-hetero) is 1. The predicted octanol–water partition coefficient (Wildman–Crippen LogP) is 1.28. The van der Waals surface area contributed by atoms with Crippen molar-refractivity contribution in [2.75, 3.05) is 13.3 Å². The summed E-state index contributed by atoms with van der Waals surface area (Å²) in [5.41, 5.74) is 0. The molecule has 1 rings (SSSR count). The second kappa shape index (κ2) is 4.20. The summed E-state index contributed by atoms with van der Waals surface area (Å²) in [6.07, 6.45) is 0. The molecular weight excluding hydrogens is 166 g/mol. The minimum absolute atomic E-state index is 0.0139. The normalized spacial score (nSPS) is 24.6. The van der Waals surface area contributed by atoms with Crippen LogP contribution in [-0.2, 0) is 9.53 Å². The molecule has 0 saturated carbocycles. The van der Waals surface area contributed by atoms with Crippen molar-refractivity contribution in [3.8, 4) is 0 Å². The fraction of sp³-hybridized carbons (Fsp3) is 0.900. The molecular formula is C10H19NO2. The maximum atomic E-state index is 11.7. The predicted molar refractivity (Wildman–Crippen MR) is 51.4 cm³/mol. The summed E-state index contributed by atoms with van der Waals surface area (Å²) in [4.78, 5) is 13.9. The van der Waals surface area contributed by atoms with Gasteiger partial charge in [0.15, 0.2) is 5.78 Å². The van der Waals surface area contributed by atoms with Crippen LogP contribution in [-0.4, -0.2) is 36.1 Å². The fourth-order valence-corrected chi connectivity index (χ4v) is 1.59. The van der Waals surface area contributed by atoms with Crippen LogP contribution in [0, 0.1) is 5.92 Å². The van der Waals surface area contributed by atoms with Crippen molar-refractivity contribution in [2.45, 2.75) is 39.8 Å². The molecule has 76 valence electrons. The van der Waals surface area contributed by atoms with Crippen LogP contribution in [0.15, 0.2) is 0 Å². The van der Waals surface area contributed by atoms with Gasteiger partial charge in [0.25, 0.3) is 0 Å². The largest absolute Gasteiger partial charge is 0.364 e. The zero-order valence-corrected chi connectivity index (χ0v) is 8.91. The summed E-state index contributed by atoms with van der Waals surface area (Å²) < 4.78 is 5.31. The van der Waals surface area contributed by atoms with Crippen LogP contribution in [0.4, 0.5) is 0 Å². The summed E-state index contributed by atoms with van der Waals surface area (Å²) in [5.74, 6) is 0.402. The van der Waals surface area contributed by atoms with E-state index in [2.05, 4.69) is 18.7 Å². The maximum absolute atomic E-state index is 11.7. The Balaban J connectivity index is 2.63. The number of ether oxygens (including phenoxy) is 1. The van der Waals surface area contributed by atoms with E-state index < -0.39 is 0 Å². The number of ketones is 1. The van der Waals surface area contributed by atoms with E-state index in [9.17, 15) is 4.79 Å². The van der Waals surface area contributed by atoms with Crippen LogP contribution < -0.4 is 0 Å². The third kappa shape index (κ3) is 2.29. The van der Waals surface area contributed by atoms with E-state index in [1.54, 1.807) is 0 Å². The lowest BCUT2D eigenvalue weighted by Gasteiger charge is -2.25. The quantitative estimate of drug-likeness (QED) is 0.663. The third-order valence-corrected chi connectivity index (χ3v) is 2.48. The van der Waals surface area contributed by atoms with Gasteiger partial charge in [0.05, 0.1) is 19.4 Å². The first-order chi connectivity index (χ1) is 6.04. The molecule has 1 atom stereocenters. The lowest BCUT2D eigenvalue weighted by Crippen LogP contribution is -2.43. The summed E-state index contributed by atoms with van der Waals surface area (Å²) >= 11 is 0. The molecule has 3 nitrogen and oxygen atoms in total. The highest BCUT2D eigenvalue weighted by Crippen LogP contribution is 2.16. The number of nitrogens with zero attached hydrogens (tertiary/aromatic N) is 1. The van der Waals surface area contributed by atoms with Crippen molar-refractivity contribution in [2.24, 2.45) is 5.92 Å². The van der Waals surface area contributed by atoms with Crippen molar-refractivity contribution >= 4 is 5.78 Å². The highest BCUT2D eigenvalue weighted by Gasteiger charge is 2.33. The molecule has 0 aromatic heterocycles. The van der Waals surface area contributed by atoms with Gasteiger partial charge in [-0.15, -0.1) is 0 Å². The first kappa shape index (κ1) is 10.7. The van der Waals surface area contributed by atoms with Gasteiger partial charge in [-0.2, -0.15) is 0 Å². The Morgan fingerprint density at radius 1 is 1.38 bits per heavy atom. The molecule has 1 saturated heterocycles. The molecule has 3 heteroatoms. The lowest BCUT2D eigenvalue weighted by atomic mass is 10.0. The van der Waals surface area contributed by atoms with Gasteiger partial charge in [0.1, 0.15) is 0 Å². The molecule has 1 heterocycles. The smallest absolute Gasteiger partial charge is 0.154 e. The van der Waals surface area contributed by atoms with E-state index in [4.69, 9.17) is 4.74 Å². The summed E-state index contributed by atoms with van der Waals surface area (Å²) in [5, 5.41) is 0. The van der Waals surface area contributed by atoms with Crippen LogP contribution in [0.25, 0.3) is 0 Å². The Hall–Kier alpha value is -0.410. The molecule has 0 aromatic carbocycles. The van der Waals surface area contributed by atoms with E-state index in [-0.39, 0.29) is 12.0 Å². The first-order valence-electron chi connectivity index (χ1n) is 4.91. The summed E-state index contributed by atoms with van der Waals surface area (Å²) in [6, 6.07) is 0.371. The van der Waals surface area contributed by atoms with Gasteiger partial charge in [-0.1, -0.05) is 13.8 Å². The van der Waals surface area contributed by atoms with Gasteiger partial charge in [-0.25, -0.2) is 0 Å². The van der Waals surface area contributed by atoms with E-state index in [1.165, 1.54) is 0 Å². The highest BCUT2D eigenvalue weighted by molar-refractivity contribution is 5.86. The van der Waals surface area contributed by atoms with Gasteiger partial charge in [-0.05, 0) is 13.8 Å². The number of hydrogen-bond donors (Lipinski definition) is 0. The van der Waals surface area contributed by atoms with Gasteiger partial charge in [0.2, 0.25) is 0 Å². The third-order valence-electron chi connectivity index (χ3n) is 2.48. The summed E-state index contributed by atoms with van der Waals surface area (Å²) in [6.45, 7) is 9.24. The minimum atomic E-state index is -0.0139. The molecule has 0 radical (unpaired) electrons. The van der Waals surface area contributed by atoms with Gasteiger partial charge in [-0.3, -0.25) is 9.69 Å². The molecule has 0 amide bonds. The van der Waals surface area contributed by atoms with Crippen LogP contribution in [0.5, 0.6) is 0 Å². The van der Waals surface area contributed by atoms with E-state index in [0.717, 1.165) is 0 Å². The molecule has 0 aliphatic carbocycles. The number of carbonyl (C=O) groups is 1. The average Bonchev–Trinajstić information content (AvgIpc) is 2.50. The summed E-state index contributed by atoms with van der Waals surface area (Å²) in [7, 11) is 0. The van der Waals surface area contributed by atoms with Crippen molar-refractivity contribution < 1.29 is 9.53 Å². The molecule has 0 spiro atoms. The molecule has 1 fully saturated rings. The lowest BCUT2D eigenvalue weighted by molar-refractivity contribution is -0.126. The standard InChI is InChI=1S/C10H19NO2/c1-7(2)10(12)9-5-13-6-11(9)8(3)4/h7-9H,5-6H2,1-4H3. The average molecular weight is 185 g/mol. The van der Waals surface area contributed by atoms with Crippen LogP contribution in [0.2, 0.25) is 0 Å². The van der Waals surface area contributed by atoms with Crippen molar-refractivity contribution in [3.63, 3.8) is 0 Å². The Morgan fingerprint density at radius 2 is 2.00 bits per heavy atom. The Kier molecular flexibility index (Phi) is 3.45. The van der Waals surface area contributed by atoms with Gasteiger partial charge >= 0.3 is 0 Å². The molecule has 1 aliphatic heterocycles. The molecule has 1 aliphatic rings. The van der Waals surface area contributed by atoms with E-state index in [1.807, 2.05) is 13.8 Å². The van der Waals surface area contributed by atoms with E-state index >= 15 is 0 Å². The number of carbonyl (C=O) groups excluding carboxylic acids is 1. The topological polar surface area (TPSA) is 29.5 Å². The highest BCUT2D eigenvalue weighted by atomic mass is 16.5. The van der Waals surface area contributed by atoms with Gasteiger partial charge in [0, 0.05) is 12.0 Å². The zero-order chi connectivity index (χ0) is 10.0. The number of hydrogen-bond acceptors (Lipinski definition) is 3. The fourth-order valence-electron chi connectivity index (χ4n) is 1.59. The SMILES string of the molecule is CC(C)C(=O)C1COCN1C(C)C. The van der Waals surface area contributed by atoms with Crippen LogP contribution in [0.3, 0.4) is 0 Å². The molecule has 0 aromatic rings. The zero-order valence-electron chi connectivity index (χ0n) is 8.91. The minimum Gasteiger partial charge on any atom is -0.364 e. The molecule has 0 N–H and O–H groups in total. The Labute approximate surface area is 80.1 Å². The number of rotatable bonds is 3. The van der Waals surface area contributed by atoms with Crippen LogP contribution >= 0.6 is 0 Å². The monoisotopic (exact) mass is 185 g/mol. The van der Waals surface area contributed by atoms with Crippen molar-refractivity contribution in [1.82, 2.24) is 4.90 Å². The molecule has 1 unspecified atom stereocenters. The van der Waals surface area contributed by atoms with Crippen molar-refractivity contribution in [3.05, 3.63) is 0 Å². The van der Waals surface area contributed by atoms with Crippen LogP contribution in [0.1, 0.15) is 27.7 Å². The molecule has 0 bridgehead atoms. The van der Waals surface area contributed by atoms with Crippen molar-refractivity contribution in [1.29, 1.82) is 0 Å². The maximum Gasteiger partial charge on any atom is 0.154 e. The Morgan fingerprint density at radius 3 is 2.46 bits per heavy atom. The molecule has 13 heavy (non-hydrogen) atoms.